The van der Waals surface area contributed by atoms with E-state index in [2.05, 4.69) is 0 Å². The maximum Gasteiger partial charge on any atom is 0.460 e. The average Bonchev–Trinajstić information content (AvgIpc) is 2.40. The van der Waals surface area contributed by atoms with Crippen LogP contribution in [0, 0.1) is 5.92 Å². The van der Waals surface area contributed by atoms with E-state index in [0.29, 0.717) is 0 Å². The largest absolute Gasteiger partial charge is 0.460 e. The fourth-order valence-electron chi connectivity index (χ4n) is 1.76. The van der Waals surface area contributed by atoms with E-state index >= 15 is 0 Å². The Morgan fingerprint density at radius 2 is 0.516 bits per heavy atom. The van der Waals surface area contributed by atoms with Gasteiger partial charge < -0.3 is 0 Å². The zero-order chi connectivity index (χ0) is 26.1. The summed E-state index contributed by atoms with van der Waals surface area (Å²) in [5.74, 6) is -59.7. The summed E-state index contributed by atoms with van der Waals surface area (Å²) < 4.78 is 264. The molecule has 21 heteroatoms. The SMILES string of the molecule is FC(F)(F)C(C(F)(F)F)C(F)(F)C(F)(F)C(F)(F)C(F)(F)C(F)(F)C(F)(F)C(F)(F)F. The van der Waals surface area contributed by atoms with Gasteiger partial charge in [-0.2, -0.15) is 92.2 Å². The molecule has 0 amide bonds. The quantitative estimate of drug-likeness (QED) is 0.328. The van der Waals surface area contributed by atoms with Gasteiger partial charge in [-0.15, -0.1) is 0 Å². The van der Waals surface area contributed by atoms with Gasteiger partial charge in [0.2, 0.25) is 5.92 Å². The fourth-order valence-corrected chi connectivity index (χ4v) is 1.76. The first-order valence-corrected chi connectivity index (χ1v) is 6.33. The first-order chi connectivity index (χ1) is 12.9. The maximum absolute atomic E-state index is 13.2. The van der Waals surface area contributed by atoms with Crippen molar-refractivity contribution in [3.63, 3.8) is 0 Å². The monoisotopic (exact) mass is 520 g/mol. The van der Waals surface area contributed by atoms with Crippen LogP contribution in [-0.2, 0) is 0 Å². The van der Waals surface area contributed by atoms with Crippen LogP contribution >= 0.6 is 0 Å². The molecule has 0 fully saturated rings. The van der Waals surface area contributed by atoms with Crippen molar-refractivity contribution in [3.05, 3.63) is 0 Å². The standard InChI is InChI=1S/C10HF21/c11-2(12,1(3(13,14)15)4(16,17)18)5(19,20)6(21,22)7(23,24)8(25,26)9(27,28)10(29,30)31/h1H. The highest BCUT2D eigenvalue weighted by atomic mass is 19.4. The lowest BCUT2D eigenvalue weighted by molar-refractivity contribution is -0.466. The van der Waals surface area contributed by atoms with Crippen molar-refractivity contribution in [1.29, 1.82) is 0 Å². The fraction of sp³-hybridized carbons (Fsp3) is 1.00. The summed E-state index contributed by atoms with van der Waals surface area (Å²) in [5, 5.41) is 0. The van der Waals surface area contributed by atoms with Crippen LogP contribution < -0.4 is 0 Å². The van der Waals surface area contributed by atoms with Crippen LogP contribution in [0.4, 0.5) is 92.2 Å². The second kappa shape index (κ2) is 7.01. The van der Waals surface area contributed by atoms with Crippen LogP contribution in [0.1, 0.15) is 0 Å². The van der Waals surface area contributed by atoms with Gasteiger partial charge in [0, 0.05) is 0 Å². The topological polar surface area (TPSA) is 0 Å². The van der Waals surface area contributed by atoms with Crippen molar-refractivity contribution >= 4 is 0 Å². The summed E-state index contributed by atoms with van der Waals surface area (Å²) in [7, 11) is 0. The third-order valence-electron chi connectivity index (χ3n) is 3.37. The molecule has 0 aliphatic rings. The van der Waals surface area contributed by atoms with Gasteiger partial charge in [-0.05, 0) is 0 Å². The Bertz CT molecular complexity index is 627. The Kier molecular flexibility index (Phi) is 6.68. The lowest BCUT2D eigenvalue weighted by Crippen LogP contribution is -2.74. The summed E-state index contributed by atoms with van der Waals surface area (Å²) in [6.45, 7) is 0. The van der Waals surface area contributed by atoms with Crippen LogP contribution in [0.3, 0.4) is 0 Å². The second-order valence-corrected chi connectivity index (χ2v) is 5.51. The molecule has 0 spiro atoms. The highest BCUT2D eigenvalue weighted by Gasteiger charge is 2.95. The van der Waals surface area contributed by atoms with Gasteiger partial charge in [-0.3, -0.25) is 0 Å². The van der Waals surface area contributed by atoms with Gasteiger partial charge in [0.25, 0.3) is 0 Å². The molecule has 0 aromatic heterocycles. The Balaban J connectivity index is 6.96. The van der Waals surface area contributed by atoms with E-state index in [1.165, 1.54) is 0 Å². The molecule has 0 radical (unpaired) electrons. The Hall–Kier alpha value is -1.47. The molecule has 0 aromatic carbocycles. The van der Waals surface area contributed by atoms with E-state index < -0.39 is 60.0 Å². The molecule has 0 unspecified atom stereocenters. The van der Waals surface area contributed by atoms with Crippen molar-refractivity contribution in [2.45, 2.75) is 54.1 Å². The molecule has 31 heavy (non-hydrogen) atoms. The molecule has 0 saturated heterocycles. The van der Waals surface area contributed by atoms with Crippen LogP contribution in [-0.4, -0.2) is 54.1 Å². The highest BCUT2D eigenvalue weighted by Crippen LogP contribution is 2.65. The molecular weight excluding hydrogens is 519 g/mol. The van der Waals surface area contributed by atoms with E-state index in [9.17, 15) is 92.2 Å². The highest BCUT2D eigenvalue weighted by molar-refractivity contribution is 5.14. The normalized spacial score (nSPS) is 16.8. The predicted molar refractivity (Wildman–Crippen MR) is 51.3 cm³/mol. The average molecular weight is 520 g/mol. The number of alkyl halides is 21. The van der Waals surface area contributed by atoms with Gasteiger partial charge in [0.05, 0.1) is 0 Å². The van der Waals surface area contributed by atoms with E-state index in [1.807, 2.05) is 0 Å². The van der Waals surface area contributed by atoms with Crippen molar-refractivity contribution in [3.8, 4) is 0 Å². The van der Waals surface area contributed by atoms with Gasteiger partial charge in [0.1, 0.15) is 0 Å². The van der Waals surface area contributed by atoms with Crippen LogP contribution in [0.25, 0.3) is 0 Å². The number of rotatable bonds is 6. The lowest BCUT2D eigenvalue weighted by Gasteiger charge is -2.43. The molecule has 0 heterocycles. The first-order valence-electron chi connectivity index (χ1n) is 6.33. The molecule has 0 atom stereocenters. The van der Waals surface area contributed by atoms with Crippen LogP contribution in [0.2, 0.25) is 0 Å². The first kappa shape index (κ1) is 29.5. The molecule has 0 nitrogen and oxygen atoms in total. The minimum Gasteiger partial charge on any atom is -0.199 e. The van der Waals surface area contributed by atoms with Crippen molar-refractivity contribution in [2.75, 3.05) is 0 Å². The lowest BCUT2D eigenvalue weighted by atomic mass is 9.85. The maximum atomic E-state index is 13.2. The Morgan fingerprint density at radius 1 is 0.290 bits per heavy atom. The van der Waals surface area contributed by atoms with E-state index in [0.717, 1.165) is 0 Å². The number of hydrogen-bond acceptors (Lipinski definition) is 0. The minimum absolute atomic E-state index is 6.97. The van der Waals surface area contributed by atoms with Crippen molar-refractivity contribution in [1.82, 2.24) is 0 Å². The predicted octanol–water partition coefficient (Wildman–Crippen LogP) is 7.10. The summed E-state index contributed by atoms with van der Waals surface area (Å²) >= 11 is 0. The zero-order valence-corrected chi connectivity index (χ0v) is 13.0. The summed E-state index contributed by atoms with van der Waals surface area (Å²) in [6.07, 6.45) is -23.4. The molecule has 188 valence electrons. The van der Waals surface area contributed by atoms with Crippen molar-refractivity contribution < 1.29 is 92.2 Å². The van der Waals surface area contributed by atoms with Gasteiger partial charge in [-0.25, -0.2) is 0 Å². The summed E-state index contributed by atoms with van der Waals surface area (Å²) in [4.78, 5) is 0. The van der Waals surface area contributed by atoms with Crippen LogP contribution in [0.5, 0.6) is 0 Å². The van der Waals surface area contributed by atoms with E-state index in [-0.39, 0.29) is 0 Å². The molecule has 0 N–H and O–H groups in total. The molecule has 0 aliphatic heterocycles. The van der Waals surface area contributed by atoms with Crippen LogP contribution in [0.15, 0.2) is 0 Å². The molecule has 0 rings (SSSR count). The Morgan fingerprint density at radius 3 is 0.742 bits per heavy atom. The number of halogens is 21. The van der Waals surface area contributed by atoms with Gasteiger partial charge in [0.15, 0.2) is 0 Å². The summed E-state index contributed by atoms with van der Waals surface area (Å²) in [6, 6.07) is 0. The minimum atomic E-state index is -9.05. The van der Waals surface area contributed by atoms with E-state index in [4.69, 9.17) is 0 Å². The molecule has 0 bridgehead atoms. The van der Waals surface area contributed by atoms with Gasteiger partial charge in [-0.1, -0.05) is 0 Å². The molecule has 0 saturated carbocycles. The molecule has 0 aliphatic carbocycles. The molecular formula is C10HF21. The third-order valence-corrected chi connectivity index (χ3v) is 3.37. The van der Waals surface area contributed by atoms with E-state index in [1.54, 1.807) is 0 Å². The summed E-state index contributed by atoms with van der Waals surface area (Å²) in [5.41, 5.74) is 0. The number of hydrogen-bond donors (Lipinski definition) is 0. The zero-order valence-electron chi connectivity index (χ0n) is 13.0. The van der Waals surface area contributed by atoms with Gasteiger partial charge >= 0.3 is 54.1 Å². The molecule has 0 aromatic rings. The van der Waals surface area contributed by atoms with Crippen molar-refractivity contribution in [2.24, 2.45) is 5.92 Å². The smallest absolute Gasteiger partial charge is 0.199 e. The third kappa shape index (κ3) is 4.04. The Labute approximate surface area is 153 Å². The second-order valence-electron chi connectivity index (χ2n) is 5.51.